The molecule has 1 N–H and O–H groups in total. The van der Waals surface area contributed by atoms with Crippen LogP contribution in [0.25, 0.3) is 0 Å². The molecule has 0 amide bonds. The van der Waals surface area contributed by atoms with E-state index in [1.165, 1.54) is 45.3 Å². The van der Waals surface area contributed by atoms with E-state index in [1.54, 1.807) is 0 Å². The Hall–Kier alpha value is -0.120. The fourth-order valence-corrected chi connectivity index (χ4v) is 3.37. The van der Waals surface area contributed by atoms with E-state index < -0.39 is 0 Å². The Balaban J connectivity index is 1.82. The first-order chi connectivity index (χ1) is 8.28. The Bertz CT molecular complexity index is 218. The minimum Gasteiger partial charge on any atom is -0.381 e. The number of ether oxygens (including phenoxy) is 1. The maximum absolute atomic E-state index is 5.63. The van der Waals surface area contributed by atoms with E-state index in [4.69, 9.17) is 4.74 Å². The van der Waals surface area contributed by atoms with Crippen LogP contribution in [0.5, 0.6) is 0 Å². The number of rotatable bonds is 5. The molecule has 2 heterocycles. The summed E-state index contributed by atoms with van der Waals surface area (Å²) in [6, 6.07) is 0. The molecule has 2 fully saturated rings. The summed E-state index contributed by atoms with van der Waals surface area (Å²) in [6.07, 6.45) is 5.38. The molecule has 1 unspecified atom stereocenters. The van der Waals surface area contributed by atoms with E-state index in [1.807, 2.05) is 0 Å². The van der Waals surface area contributed by atoms with Gasteiger partial charge in [0.25, 0.3) is 0 Å². The van der Waals surface area contributed by atoms with Crippen LogP contribution in [0.2, 0.25) is 0 Å². The molecule has 2 aliphatic heterocycles. The first-order valence-electron chi connectivity index (χ1n) is 7.23. The quantitative estimate of drug-likeness (QED) is 0.792. The minimum atomic E-state index is 0.383. The first-order valence-corrected chi connectivity index (χ1v) is 7.23. The van der Waals surface area contributed by atoms with Crippen molar-refractivity contribution in [2.45, 2.75) is 32.6 Å². The Morgan fingerprint density at radius 3 is 2.65 bits per heavy atom. The van der Waals surface area contributed by atoms with Gasteiger partial charge in [0.05, 0.1) is 6.61 Å². The molecule has 1 atom stereocenters. The SMILES string of the molecule is CCC1CCN(CC2(CNC)CCOC2)CC1. The van der Waals surface area contributed by atoms with Gasteiger partial charge in [0.1, 0.15) is 0 Å². The highest BCUT2D eigenvalue weighted by Crippen LogP contribution is 2.31. The second-order valence-electron chi connectivity index (χ2n) is 5.96. The van der Waals surface area contributed by atoms with Gasteiger partial charge in [0.2, 0.25) is 0 Å². The second kappa shape index (κ2) is 6.17. The molecule has 2 saturated heterocycles. The Labute approximate surface area is 106 Å². The molecule has 0 bridgehead atoms. The van der Waals surface area contributed by atoms with Gasteiger partial charge in [-0.25, -0.2) is 0 Å². The lowest BCUT2D eigenvalue weighted by molar-refractivity contribution is 0.0878. The first kappa shape index (κ1) is 13.3. The highest BCUT2D eigenvalue weighted by molar-refractivity contribution is 4.89. The molecule has 0 aliphatic carbocycles. The number of hydrogen-bond acceptors (Lipinski definition) is 3. The fourth-order valence-electron chi connectivity index (χ4n) is 3.37. The molecule has 0 saturated carbocycles. The minimum absolute atomic E-state index is 0.383. The third-order valence-electron chi connectivity index (χ3n) is 4.58. The molecule has 2 rings (SSSR count). The molecule has 3 heteroatoms. The average Bonchev–Trinajstić information content (AvgIpc) is 2.79. The van der Waals surface area contributed by atoms with Crippen LogP contribution in [0.1, 0.15) is 32.6 Å². The molecule has 3 nitrogen and oxygen atoms in total. The molecule has 0 aromatic carbocycles. The smallest absolute Gasteiger partial charge is 0.0547 e. The highest BCUT2D eigenvalue weighted by Gasteiger charge is 2.36. The van der Waals surface area contributed by atoms with Crippen LogP contribution in [0, 0.1) is 11.3 Å². The molecular weight excluding hydrogens is 212 g/mol. The molecule has 100 valence electrons. The maximum Gasteiger partial charge on any atom is 0.0547 e. The van der Waals surface area contributed by atoms with Gasteiger partial charge in [-0.3, -0.25) is 0 Å². The molecule has 0 aromatic rings. The summed E-state index contributed by atoms with van der Waals surface area (Å²) in [5.41, 5.74) is 0.383. The Morgan fingerprint density at radius 2 is 2.12 bits per heavy atom. The van der Waals surface area contributed by atoms with Gasteiger partial charge in [-0.2, -0.15) is 0 Å². The van der Waals surface area contributed by atoms with E-state index >= 15 is 0 Å². The van der Waals surface area contributed by atoms with E-state index in [9.17, 15) is 0 Å². The van der Waals surface area contributed by atoms with Crippen LogP contribution >= 0.6 is 0 Å². The van der Waals surface area contributed by atoms with Crippen LogP contribution in [0.3, 0.4) is 0 Å². The lowest BCUT2D eigenvalue weighted by atomic mass is 9.85. The maximum atomic E-state index is 5.63. The summed E-state index contributed by atoms with van der Waals surface area (Å²) >= 11 is 0. The Kier molecular flexibility index (Phi) is 4.83. The summed E-state index contributed by atoms with van der Waals surface area (Å²) in [5.74, 6) is 0.978. The fraction of sp³-hybridized carbons (Fsp3) is 1.00. The molecule has 0 spiro atoms. The third kappa shape index (κ3) is 3.43. The second-order valence-corrected chi connectivity index (χ2v) is 5.96. The summed E-state index contributed by atoms with van der Waals surface area (Å²) in [6.45, 7) is 9.14. The van der Waals surface area contributed by atoms with Crippen LogP contribution in [0.4, 0.5) is 0 Å². The number of hydrogen-bond donors (Lipinski definition) is 1. The van der Waals surface area contributed by atoms with Crippen molar-refractivity contribution in [3.63, 3.8) is 0 Å². The molecular formula is C14H28N2O. The zero-order valence-corrected chi connectivity index (χ0v) is 11.5. The zero-order chi connectivity index (χ0) is 12.1. The number of nitrogens with zero attached hydrogens (tertiary/aromatic N) is 1. The normalized spacial score (nSPS) is 32.1. The summed E-state index contributed by atoms with van der Waals surface area (Å²) < 4.78 is 5.63. The summed E-state index contributed by atoms with van der Waals surface area (Å²) in [5, 5.41) is 3.35. The number of piperidine rings is 1. The predicted octanol–water partition coefficient (Wildman–Crippen LogP) is 1.73. The lowest BCUT2D eigenvalue weighted by Gasteiger charge is -2.38. The van der Waals surface area contributed by atoms with Crippen molar-refractivity contribution in [2.75, 3.05) is 46.4 Å². The van der Waals surface area contributed by atoms with E-state index in [0.717, 1.165) is 25.7 Å². The van der Waals surface area contributed by atoms with Crippen molar-refractivity contribution in [1.29, 1.82) is 0 Å². The van der Waals surface area contributed by atoms with Crippen molar-refractivity contribution in [1.82, 2.24) is 10.2 Å². The largest absolute Gasteiger partial charge is 0.381 e. The molecule has 0 aromatic heterocycles. The van der Waals surface area contributed by atoms with Crippen LogP contribution in [-0.4, -0.2) is 51.3 Å². The number of nitrogens with one attached hydrogen (secondary N) is 1. The van der Waals surface area contributed by atoms with Gasteiger partial charge in [0, 0.05) is 25.1 Å². The van der Waals surface area contributed by atoms with Gasteiger partial charge in [-0.1, -0.05) is 13.3 Å². The van der Waals surface area contributed by atoms with Crippen LogP contribution < -0.4 is 5.32 Å². The average molecular weight is 240 g/mol. The van der Waals surface area contributed by atoms with E-state index in [2.05, 4.69) is 24.2 Å². The van der Waals surface area contributed by atoms with Crippen molar-refractivity contribution in [3.8, 4) is 0 Å². The highest BCUT2D eigenvalue weighted by atomic mass is 16.5. The standard InChI is InChI=1S/C14H28N2O/c1-3-13-4-7-16(8-5-13)11-14(10-15-2)6-9-17-12-14/h13,15H,3-12H2,1-2H3. The Morgan fingerprint density at radius 1 is 1.35 bits per heavy atom. The van der Waals surface area contributed by atoms with Gasteiger partial charge in [0.15, 0.2) is 0 Å². The summed E-state index contributed by atoms with van der Waals surface area (Å²) in [4.78, 5) is 2.66. The van der Waals surface area contributed by atoms with Gasteiger partial charge in [-0.15, -0.1) is 0 Å². The van der Waals surface area contributed by atoms with Gasteiger partial charge < -0.3 is 15.0 Å². The lowest BCUT2D eigenvalue weighted by Crippen LogP contribution is -2.46. The van der Waals surface area contributed by atoms with Crippen LogP contribution in [-0.2, 0) is 4.74 Å². The van der Waals surface area contributed by atoms with Gasteiger partial charge >= 0.3 is 0 Å². The molecule has 2 aliphatic rings. The number of likely N-dealkylation sites (tertiary alicyclic amines) is 1. The third-order valence-corrected chi connectivity index (χ3v) is 4.58. The van der Waals surface area contributed by atoms with Crippen molar-refractivity contribution in [3.05, 3.63) is 0 Å². The van der Waals surface area contributed by atoms with Crippen molar-refractivity contribution >= 4 is 0 Å². The van der Waals surface area contributed by atoms with Crippen molar-refractivity contribution in [2.24, 2.45) is 11.3 Å². The monoisotopic (exact) mass is 240 g/mol. The summed E-state index contributed by atoms with van der Waals surface area (Å²) in [7, 11) is 2.06. The predicted molar refractivity (Wildman–Crippen MR) is 71.3 cm³/mol. The van der Waals surface area contributed by atoms with E-state index in [-0.39, 0.29) is 0 Å². The zero-order valence-electron chi connectivity index (χ0n) is 11.5. The van der Waals surface area contributed by atoms with Crippen molar-refractivity contribution < 1.29 is 4.74 Å². The molecule has 17 heavy (non-hydrogen) atoms. The van der Waals surface area contributed by atoms with Crippen LogP contribution in [0.15, 0.2) is 0 Å². The van der Waals surface area contributed by atoms with Gasteiger partial charge in [-0.05, 0) is 45.3 Å². The topological polar surface area (TPSA) is 24.5 Å². The molecule has 0 radical (unpaired) electrons. The van der Waals surface area contributed by atoms with E-state index in [0.29, 0.717) is 5.41 Å².